The zero-order valence-corrected chi connectivity index (χ0v) is 12.1. The molecule has 0 bridgehead atoms. The molecule has 2 aliphatic heterocycles. The first kappa shape index (κ1) is 14.8. The number of likely N-dealkylation sites (tertiary alicyclic amines) is 1. The fourth-order valence-electron chi connectivity index (χ4n) is 3.35. The van der Waals surface area contributed by atoms with E-state index >= 15 is 0 Å². The summed E-state index contributed by atoms with van der Waals surface area (Å²) in [6.07, 6.45) is 7.77. The molecule has 0 aromatic carbocycles. The molecule has 2 fully saturated rings. The topological polar surface area (TPSA) is 55.6 Å². The number of carbonyl (C=O) groups is 1. The van der Waals surface area contributed by atoms with Gasteiger partial charge < -0.3 is 15.4 Å². The van der Waals surface area contributed by atoms with Crippen LogP contribution in [0, 0.1) is 5.92 Å². The molecule has 19 heavy (non-hydrogen) atoms. The van der Waals surface area contributed by atoms with Gasteiger partial charge in [-0.15, -0.1) is 0 Å². The maximum Gasteiger partial charge on any atom is 0.251 e. The molecule has 110 valence electrons. The lowest BCUT2D eigenvalue weighted by atomic mass is 9.96. The second-order valence-corrected chi connectivity index (χ2v) is 5.97. The number of nitrogens with zero attached hydrogens (tertiary/aromatic N) is 1. The van der Waals surface area contributed by atoms with Crippen molar-refractivity contribution in [2.45, 2.75) is 64.1 Å². The molecule has 2 heterocycles. The molecule has 0 spiro atoms. The Morgan fingerprint density at radius 2 is 2.11 bits per heavy atom. The van der Waals surface area contributed by atoms with E-state index in [1.54, 1.807) is 0 Å². The van der Waals surface area contributed by atoms with Crippen molar-refractivity contribution < 1.29 is 9.53 Å². The SMILES string of the molecule is CCCC1CCCN(C(=O)C2CCC(CN)O2)CC1. The van der Waals surface area contributed by atoms with Gasteiger partial charge in [0.2, 0.25) is 0 Å². The minimum absolute atomic E-state index is 0.0915. The summed E-state index contributed by atoms with van der Waals surface area (Å²) in [5, 5.41) is 0. The van der Waals surface area contributed by atoms with Crippen molar-refractivity contribution in [2.75, 3.05) is 19.6 Å². The van der Waals surface area contributed by atoms with Crippen LogP contribution in [0.2, 0.25) is 0 Å². The van der Waals surface area contributed by atoms with Crippen molar-refractivity contribution in [1.29, 1.82) is 0 Å². The Labute approximate surface area is 116 Å². The smallest absolute Gasteiger partial charge is 0.251 e. The van der Waals surface area contributed by atoms with Gasteiger partial charge in [0.25, 0.3) is 5.91 Å². The number of hydrogen-bond donors (Lipinski definition) is 1. The van der Waals surface area contributed by atoms with Crippen LogP contribution in [0.4, 0.5) is 0 Å². The standard InChI is InChI=1S/C15H28N2O2/c1-2-4-12-5-3-9-17(10-8-12)15(18)14-7-6-13(11-16)19-14/h12-14H,2-11,16H2,1H3. The second-order valence-electron chi connectivity index (χ2n) is 5.97. The number of nitrogens with two attached hydrogens (primary N) is 1. The Hall–Kier alpha value is -0.610. The number of amides is 1. The molecule has 3 unspecified atom stereocenters. The van der Waals surface area contributed by atoms with Crippen molar-refractivity contribution >= 4 is 5.91 Å². The first-order valence-electron chi connectivity index (χ1n) is 7.89. The second kappa shape index (κ2) is 7.25. The molecule has 2 saturated heterocycles. The van der Waals surface area contributed by atoms with Crippen LogP contribution in [0.3, 0.4) is 0 Å². The first-order valence-corrected chi connectivity index (χ1v) is 7.89. The summed E-state index contributed by atoms with van der Waals surface area (Å²) in [5.41, 5.74) is 5.60. The number of ether oxygens (including phenoxy) is 1. The van der Waals surface area contributed by atoms with Gasteiger partial charge in [0.05, 0.1) is 6.10 Å². The van der Waals surface area contributed by atoms with E-state index < -0.39 is 0 Å². The quantitative estimate of drug-likeness (QED) is 0.847. The molecule has 4 heteroatoms. The molecule has 2 aliphatic rings. The van der Waals surface area contributed by atoms with Gasteiger partial charge in [0, 0.05) is 19.6 Å². The van der Waals surface area contributed by atoms with Gasteiger partial charge in [0.1, 0.15) is 6.10 Å². The molecule has 2 rings (SSSR count). The molecule has 1 amide bonds. The highest BCUT2D eigenvalue weighted by molar-refractivity contribution is 5.81. The molecular weight excluding hydrogens is 240 g/mol. The van der Waals surface area contributed by atoms with Gasteiger partial charge >= 0.3 is 0 Å². The molecular formula is C15H28N2O2. The van der Waals surface area contributed by atoms with Gasteiger partial charge in [-0.1, -0.05) is 19.8 Å². The molecule has 3 atom stereocenters. The van der Waals surface area contributed by atoms with Crippen LogP contribution in [0.5, 0.6) is 0 Å². The van der Waals surface area contributed by atoms with Gasteiger partial charge in [0.15, 0.2) is 0 Å². The third-order valence-electron chi connectivity index (χ3n) is 4.50. The van der Waals surface area contributed by atoms with Crippen LogP contribution in [-0.2, 0) is 9.53 Å². The first-order chi connectivity index (χ1) is 9.24. The lowest BCUT2D eigenvalue weighted by Gasteiger charge is -2.24. The fraction of sp³-hybridized carbons (Fsp3) is 0.933. The van der Waals surface area contributed by atoms with Gasteiger partial charge in [-0.2, -0.15) is 0 Å². The summed E-state index contributed by atoms with van der Waals surface area (Å²) in [4.78, 5) is 14.5. The molecule has 0 saturated carbocycles. The third kappa shape index (κ3) is 3.93. The van der Waals surface area contributed by atoms with Crippen molar-refractivity contribution in [3.05, 3.63) is 0 Å². The molecule has 0 aromatic heterocycles. The summed E-state index contributed by atoms with van der Waals surface area (Å²) in [5.74, 6) is 1.01. The van der Waals surface area contributed by atoms with Crippen molar-refractivity contribution in [2.24, 2.45) is 11.7 Å². The zero-order valence-electron chi connectivity index (χ0n) is 12.1. The van der Waals surface area contributed by atoms with E-state index in [2.05, 4.69) is 6.92 Å². The van der Waals surface area contributed by atoms with Crippen LogP contribution in [0.1, 0.15) is 51.9 Å². The number of hydrogen-bond acceptors (Lipinski definition) is 3. The summed E-state index contributed by atoms with van der Waals surface area (Å²) in [6, 6.07) is 0. The Morgan fingerprint density at radius 1 is 1.26 bits per heavy atom. The molecule has 0 aliphatic carbocycles. The van der Waals surface area contributed by atoms with E-state index in [0.717, 1.165) is 44.7 Å². The predicted molar refractivity (Wildman–Crippen MR) is 75.8 cm³/mol. The summed E-state index contributed by atoms with van der Waals surface area (Å²) in [7, 11) is 0. The van der Waals surface area contributed by atoms with Crippen molar-refractivity contribution in [1.82, 2.24) is 4.90 Å². The van der Waals surface area contributed by atoms with E-state index in [4.69, 9.17) is 10.5 Å². The van der Waals surface area contributed by atoms with E-state index in [9.17, 15) is 4.79 Å². The number of rotatable bonds is 4. The average molecular weight is 268 g/mol. The zero-order chi connectivity index (χ0) is 13.7. The van der Waals surface area contributed by atoms with Crippen LogP contribution < -0.4 is 5.73 Å². The number of carbonyl (C=O) groups excluding carboxylic acids is 1. The van der Waals surface area contributed by atoms with Crippen molar-refractivity contribution in [3.8, 4) is 0 Å². The average Bonchev–Trinajstić information content (AvgIpc) is 2.79. The fourth-order valence-corrected chi connectivity index (χ4v) is 3.35. The van der Waals surface area contributed by atoms with Gasteiger partial charge in [-0.3, -0.25) is 4.79 Å². The molecule has 4 nitrogen and oxygen atoms in total. The summed E-state index contributed by atoms with van der Waals surface area (Å²) < 4.78 is 5.72. The van der Waals surface area contributed by atoms with Crippen LogP contribution in [0.25, 0.3) is 0 Å². The molecule has 0 aromatic rings. The van der Waals surface area contributed by atoms with Crippen LogP contribution in [0.15, 0.2) is 0 Å². The Bertz CT molecular complexity index is 296. The highest BCUT2D eigenvalue weighted by atomic mass is 16.5. The van der Waals surface area contributed by atoms with Gasteiger partial charge in [-0.25, -0.2) is 0 Å². The Kier molecular flexibility index (Phi) is 5.64. The normalized spacial score (nSPS) is 32.3. The van der Waals surface area contributed by atoms with E-state index in [1.807, 2.05) is 4.90 Å². The summed E-state index contributed by atoms with van der Waals surface area (Å²) in [6.45, 7) is 4.60. The van der Waals surface area contributed by atoms with E-state index in [0.29, 0.717) is 6.54 Å². The minimum Gasteiger partial charge on any atom is -0.364 e. The lowest BCUT2D eigenvalue weighted by molar-refractivity contribution is -0.142. The lowest BCUT2D eigenvalue weighted by Crippen LogP contribution is -2.40. The Balaban J connectivity index is 1.83. The monoisotopic (exact) mass is 268 g/mol. The third-order valence-corrected chi connectivity index (χ3v) is 4.50. The minimum atomic E-state index is -0.226. The highest BCUT2D eigenvalue weighted by Gasteiger charge is 2.33. The highest BCUT2D eigenvalue weighted by Crippen LogP contribution is 2.25. The van der Waals surface area contributed by atoms with Gasteiger partial charge in [-0.05, 0) is 38.0 Å². The summed E-state index contributed by atoms with van der Waals surface area (Å²) >= 11 is 0. The largest absolute Gasteiger partial charge is 0.364 e. The maximum absolute atomic E-state index is 12.4. The molecule has 2 N–H and O–H groups in total. The predicted octanol–water partition coefficient (Wildman–Crippen LogP) is 1.92. The Morgan fingerprint density at radius 3 is 2.79 bits per heavy atom. The molecule has 0 radical (unpaired) electrons. The van der Waals surface area contributed by atoms with Crippen molar-refractivity contribution in [3.63, 3.8) is 0 Å². The van der Waals surface area contributed by atoms with Crippen LogP contribution >= 0.6 is 0 Å². The van der Waals surface area contributed by atoms with E-state index in [1.165, 1.54) is 19.3 Å². The van der Waals surface area contributed by atoms with E-state index in [-0.39, 0.29) is 18.1 Å². The van der Waals surface area contributed by atoms with Crippen LogP contribution in [-0.4, -0.2) is 42.6 Å². The maximum atomic E-state index is 12.4.